The lowest BCUT2D eigenvalue weighted by molar-refractivity contribution is -0.117. The summed E-state index contributed by atoms with van der Waals surface area (Å²) in [4.78, 5) is 12.5. The summed E-state index contributed by atoms with van der Waals surface area (Å²) in [5.41, 5.74) is 3.77. The Morgan fingerprint density at radius 3 is 2.74 bits per heavy atom. The Morgan fingerprint density at radius 1 is 1.26 bits per heavy atom. The molecule has 1 amide bonds. The molecule has 1 N–H and O–H groups in total. The monoisotopic (exact) mass is 455 g/mol. The second kappa shape index (κ2) is 10.5. The first-order chi connectivity index (χ1) is 15.0. The van der Waals surface area contributed by atoms with Gasteiger partial charge in [0, 0.05) is 59.0 Å². The van der Waals surface area contributed by atoms with E-state index in [4.69, 9.17) is 27.9 Å². The van der Waals surface area contributed by atoms with E-state index in [1.807, 2.05) is 49.4 Å². The molecule has 0 aliphatic carbocycles. The Kier molecular flexibility index (Phi) is 7.75. The van der Waals surface area contributed by atoms with E-state index >= 15 is 0 Å². The Morgan fingerprint density at radius 2 is 2.03 bits per heavy atom. The third kappa shape index (κ3) is 5.29. The molecule has 5 nitrogen and oxygen atoms in total. The average Bonchev–Trinajstić information content (AvgIpc) is 3.02. The van der Waals surface area contributed by atoms with Gasteiger partial charge in [-0.1, -0.05) is 47.5 Å². The average molecular weight is 456 g/mol. The van der Waals surface area contributed by atoms with Crippen molar-refractivity contribution in [3.8, 4) is 6.07 Å². The topological polar surface area (TPSA) is 67.0 Å². The smallest absolute Gasteiger partial charge is 0.261 e. The van der Waals surface area contributed by atoms with Crippen molar-refractivity contribution >= 4 is 46.1 Å². The maximum atomic E-state index is 12.5. The minimum Gasteiger partial charge on any atom is -0.385 e. The highest BCUT2D eigenvalue weighted by molar-refractivity contribution is 6.35. The summed E-state index contributed by atoms with van der Waals surface area (Å²) in [7, 11) is 1.61. The molecule has 7 heteroatoms. The van der Waals surface area contributed by atoms with Crippen LogP contribution in [0.15, 0.2) is 48.0 Å². The number of methoxy groups -OCH3 is 1. The van der Waals surface area contributed by atoms with Crippen LogP contribution in [0.1, 0.15) is 23.2 Å². The molecule has 0 spiro atoms. The van der Waals surface area contributed by atoms with Crippen LogP contribution in [-0.2, 0) is 16.1 Å². The van der Waals surface area contributed by atoms with Crippen molar-refractivity contribution in [2.75, 3.05) is 20.3 Å². The number of hydrogen-bond acceptors (Lipinski definition) is 3. The molecule has 1 heterocycles. The Hall–Kier alpha value is -2.78. The minimum absolute atomic E-state index is 0.0629. The number of ether oxygens (including phenoxy) is 1. The third-order valence-corrected chi connectivity index (χ3v) is 5.67. The minimum atomic E-state index is -0.393. The van der Waals surface area contributed by atoms with E-state index in [1.54, 1.807) is 19.3 Å². The predicted octanol–water partition coefficient (Wildman–Crippen LogP) is 5.36. The van der Waals surface area contributed by atoms with Gasteiger partial charge in [-0.05, 0) is 43.2 Å². The number of benzene rings is 2. The van der Waals surface area contributed by atoms with Gasteiger partial charge in [0.25, 0.3) is 5.91 Å². The molecule has 0 saturated carbocycles. The lowest BCUT2D eigenvalue weighted by atomic mass is 10.1. The summed E-state index contributed by atoms with van der Waals surface area (Å²) in [6.45, 7) is 3.51. The Balaban J connectivity index is 1.99. The van der Waals surface area contributed by atoms with Crippen molar-refractivity contribution < 1.29 is 9.53 Å². The fourth-order valence-electron chi connectivity index (χ4n) is 3.47. The van der Waals surface area contributed by atoms with Gasteiger partial charge in [0.05, 0.1) is 0 Å². The van der Waals surface area contributed by atoms with E-state index in [2.05, 4.69) is 9.88 Å². The van der Waals surface area contributed by atoms with E-state index < -0.39 is 5.91 Å². The first kappa shape index (κ1) is 22.9. The maximum Gasteiger partial charge on any atom is 0.261 e. The van der Waals surface area contributed by atoms with Crippen LogP contribution in [-0.4, -0.2) is 30.7 Å². The van der Waals surface area contributed by atoms with Crippen LogP contribution < -0.4 is 5.32 Å². The maximum absolute atomic E-state index is 12.5. The number of nitriles is 1. The fourth-order valence-corrected chi connectivity index (χ4v) is 3.94. The van der Waals surface area contributed by atoms with Gasteiger partial charge >= 0.3 is 0 Å². The molecule has 0 aliphatic heterocycles. The van der Waals surface area contributed by atoms with Gasteiger partial charge < -0.3 is 14.6 Å². The first-order valence-corrected chi connectivity index (χ1v) is 10.6. The number of para-hydroxylation sites is 1. The van der Waals surface area contributed by atoms with E-state index in [-0.39, 0.29) is 5.57 Å². The van der Waals surface area contributed by atoms with E-state index in [0.717, 1.165) is 27.7 Å². The molecule has 3 rings (SSSR count). The van der Waals surface area contributed by atoms with Crippen LogP contribution in [0.4, 0.5) is 0 Å². The number of hydrogen-bond donors (Lipinski definition) is 1. The molecule has 0 unspecified atom stereocenters. The third-order valence-electron chi connectivity index (χ3n) is 5.09. The van der Waals surface area contributed by atoms with Gasteiger partial charge in [-0.2, -0.15) is 5.26 Å². The summed E-state index contributed by atoms with van der Waals surface area (Å²) < 4.78 is 7.11. The van der Waals surface area contributed by atoms with Crippen molar-refractivity contribution in [3.63, 3.8) is 0 Å². The fraction of sp³-hybridized carbons (Fsp3) is 0.250. The lowest BCUT2D eigenvalue weighted by Crippen LogP contribution is -2.26. The number of halogens is 2. The van der Waals surface area contributed by atoms with Gasteiger partial charge in [-0.25, -0.2) is 0 Å². The highest BCUT2D eigenvalue weighted by Gasteiger charge is 2.16. The van der Waals surface area contributed by atoms with Crippen LogP contribution in [0, 0.1) is 18.3 Å². The van der Waals surface area contributed by atoms with Gasteiger partial charge in [0.1, 0.15) is 11.6 Å². The summed E-state index contributed by atoms with van der Waals surface area (Å²) in [6, 6.07) is 15.4. The zero-order valence-electron chi connectivity index (χ0n) is 17.4. The number of nitrogens with zero attached hydrogens (tertiary/aromatic N) is 2. The number of amides is 1. The largest absolute Gasteiger partial charge is 0.385 e. The molecule has 3 aromatic rings. The van der Waals surface area contributed by atoms with Gasteiger partial charge in [-0.3, -0.25) is 4.79 Å². The molecule has 2 aromatic carbocycles. The molecular weight excluding hydrogens is 433 g/mol. The Bertz CT molecular complexity index is 1180. The number of fused-ring (bicyclic) bond motifs is 1. The molecule has 1 aromatic heterocycles. The van der Waals surface area contributed by atoms with Crippen molar-refractivity contribution in [1.29, 1.82) is 5.26 Å². The lowest BCUT2D eigenvalue weighted by Gasteiger charge is -2.11. The van der Waals surface area contributed by atoms with Crippen LogP contribution >= 0.6 is 23.2 Å². The summed E-state index contributed by atoms with van der Waals surface area (Å²) >= 11 is 12.4. The molecule has 0 saturated heterocycles. The summed E-state index contributed by atoms with van der Waals surface area (Å²) in [6.07, 6.45) is 2.34. The zero-order chi connectivity index (χ0) is 22.4. The van der Waals surface area contributed by atoms with Crippen LogP contribution in [0.2, 0.25) is 10.0 Å². The highest BCUT2D eigenvalue weighted by atomic mass is 35.5. The Labute approximate surface area is 191 Å². The first-order valence-electron chi connectivity index (χ1n) is 9.87. The predicted molar refractivity (Wildman–Crippen MR) is 125 cm³/mol. The van der Waals surface area contributed by atoms with Crippen molar-refractivity contribution in [1.82, 2.24) is 9.88 Å². The normalized spacial score (nSPS) is 11.5. The second-order valence-corrected chi connectivity index (χ2v) is 7.95. The SMILES string of the molecule is COCCCNC(=O)/C(C#N)=C/c1c(C)n(Cc2ccc(Cl)cc2Cl)c2ccccc12. The molecule has 0 bridgehead atoms. The van der Waals surface area contributed by atoms with Gasteiger partial charge in [-0.15, -0.1) is 0 Å². The zero-order valence-corrected chi connectivity index (χ0v) is 18.9. The number of nitrogens with one attached hydrogen (secondary N) is 1. The number of rotatable bonds is 8. The molecule has 160 valence electrons. The van der Waals surface area contributed by atoms with Crippen molar-refractivity contribution in [3.05, 3.63) is 74.9 Å². The van der Waals surface area contributed by atoms with E-state index in [9.17, 15) is 10.1 Å². The summed E-state index contributed by atoms with van der Waals surface area (Å²) in [5, 5.41) is 14.5. The van der Waals surface area contributed by atoms with Crippen LogP contribution in [0.3, 0.4) is 0 Å². The van der Waals surface area contributed by atoms with E-state index in [1.165, 1.54) is 0 Å². The van der Waals surface area contributed by atoms with Gasteiger partial charge in [0.15, 0.2) is 0 Å². The molecule has 0 aliphatic rings. The molecule has 31 heavy (non-hydrogen) atoms. The van der Waals surface area contributed by atoms with Crippen LogP contribution in [0.25, 0.3) is 17.0 Å². The number of aromatic nitrogens is 1. The van der Waals surface area contributed by atoms with E-state index in [0.29, 0.717) is 36.2 Å². The highest BCUT2D eigenvalue weighted by Crippen LogP contribution is 2.30. The quantitative estimate of drug-likeness (QED) is 0.282. The molecule has 0 radical (unpaired) electrons. The van der Waals surface area contributed by atoms with Crippen molar-refractivity contribution in [2.24, 2.45) is 0 Å². The summed E-state index contributed by atoms with van der Waals surface area (Å²) in [5.74, 6) is -0.393. The van der Waals surface area contributed by atoms with Crippen LogP contribution in [0.5, 0.6) is 0 Å². The number of carbonyl (C=O) groups excluding carboxylic acids is 1. The van der Waals surface area contributed by atoms with Crippen molar-refractivity contribution in [2.45, 2.75) is 19.9 Å². The molecule has 0 fully saturated rings. The number of carbonyl (C=O) groups is 1. The standard InChI is InChI=1S/C24H23Cl2N3O2/c1-16-21(12-18(14-27)24(30)28-10-5-11-31-2)20-6-3-4-7-23(20)29(16)15-17-8-9-19(25)13-22(17)26/h3-4,6-9,12-13H,5,10-11,15H2,1-2H3,(H,28,30)/b18-12+. The van der Waals surface area contributed by atoms with Gasteiger partial charge in [0.2, 0.25) is 0 Å². The molecular formula is C24H23Cl2N3O2. The second-order valence-electron chi connectivity index (χ2n) is 7.11. The molecule has 0 atom stereocenters.